The van der Waals surface area contributed by atoms with E-state index in [9.17, 15) is 20.1 Å². The Kier molecular flexibility index (Phi) is 1.98. The number of fused-ring (bicyclic) bond motifs is 2. The van der Waals surface area contributed by atoms with E-state index in [1.165, 1.54) is 24.3 Å². The molecule has 0 amide bonds. The molecule has 1 heterocycles. The summed E-state index contributed by atoms with van der Waals surface area (Å²) in [6, 6.07) is 6.71. The normalized spacial score (nSPS) is 11.1. The highest BCUT2D eigenvalue weighted by molar-refractivity contribution is 5.96. The summed E-state index contributed by atoms with van der Waals surface area (Å²) in [6.45, 7) is 0. The van der Waals surface area contributed by atoms with E-state index in [0.717, 1.165) is 6.07 Å². The molecule has 0 unspecified atom stereocenters. The van der Waals surface area contributed by atoms with E-state index in [-0.39, 0.29) is 39.2 Å². The number of benzene rings is 2. The molecule has 0 fully saturated rings. The van der Waals surface area contributed by atoms with Crippen LogP contribution >= 0.6 is 0 Å². The van der Waals surface area contributed by atoms with Crippen LogP contribution in [0.4, 0.5) is 0 Å². The van der Waals surface area contributed by atoms with Crippen molar-refractivity contribution in [3.8, 4) is 17.2 Å². The Hall–Kier alpha value is -2.69. The lowest BCUT2D eigenvalue weighted by atomic mass is 10.1. The number of hydrogen-bond acceptors (Lipinski definition) is 5. The Morgan fingerprint density at radius 3 is 2.39 bits per heavy atom. The maximum atomic E-state index is 12.2. The first-order chi connectivity index (χ1) is 8.58. The van der Waals surface area contributed by atoms with Crippen LogP contribution in [-0.2, 0) is 0 Å². The molecule has 0 bridgehead atoms. The van der Waals surface area contributed by atoms with Gasteiger partial charge >= 0.3 is 0 Å². The Morgan fingerprint density at radius 2 is 1.61 bits per heavy atom. The van der Waals surface area contributed by atoms with Gasteiger partial charge in [-0.25, -0.2) is 0 Å². The standard InChI is InChI=1S/C13H8O5/c14-6-4-8(16)12-10(5-6)18-9-3-1-2-7(15)11(9)13(12)17/h1-5,14-16H. The summed E-state index contributed by atoms with van der Waals surface area (Å²) >= 11 is 0. The highest BCUT2D eigenvalue weighted by Crippen LogP contribution is 2.31. The predicted octanol–water partition coefficient (Wildman–Crippen LogP) is 2.06. The van der Waals surface area contributed by atoms with E-state index in [1.807, 2.05) is 0 Å². The van der Waals surface area contributed by atoms with Crippen molar-refractivity contribution in [2.45, 2.75) is 0 Å². The highest BCUT2D eigenvalue weighted by atomic mass is 16.3. The molecular weight excluding hydrogens is 236 g/mol. The predicted molar refractivity (Wildman–Crippen MR) is 65.0 cm³/mol. The summed E-state index contributed by atoms with van der Waals surface area (Å²) in [5, 5.41) is 28.6. The second-order valence-corrected chi connectivity index (χ2v) is 3.92. The van der Waals surface area contributed by atoms with Crippen LogP contribution in [0.25, 0.3) is 21.9 Å². The zero-order valence-corrected chi connectivity index (χ0v) is 9.04. The third-order valence-electron chi connectivity index (χ3n) is 2.74. The lowest BCUT2D eigenvalue weighted by molar-refractivity contribution is 0.453. The van der Waals surface area contributed by atoms with E-state index in [4.69, 9.17) is 4.42 Å². The van der Waals surface area contributed by atoms with Gasteiger partial charge in [0, 0.05) is 12.1 Å². The molecule has 0 atom stereocenters. The fourth-order valence-corrected chi connectivity index (χ4v) is 1.97. The molecule has 3 N–H and O–H groups in total. The van der Waals surface area contributed by atoms with E-state index < -0.39 is 5.43 Å². The van der Waals surface area contributed by atoms with Crippen LogP contribution in [0.15, 0.2) is 39.5 Å². The molecule has 1 aromatic heterocycles. The quantitative estimate of drug-likeness (QED) is 0.526. The van der Waals surface area contributed by atoms with Gasteiger partial charge in [0.2, 0.25) is 5.43 Å². The number of phenolic OH excluding ortho intramolecular Hbond substituents is 3. The van der Waals surface area contributed by atoms with Crippen molar-refractivity contribution in [3.63, 3.8) is 0 Å². The van der Waals surface area contributed by atoms with E-state index >= 15 is 0 Å². The molecule has 0 aliphatic heterocycles. The van der Waals surface area contributed by atoms with Gasteiger partial charge in [0.15, 0.2) is 0 Å². The van der Waals surface area contributed by atoms with Crippen LogP contribution in [0.3, 0.4) is 0 Å². The summed E-state index contributed by atoms with van der Waals surface area (Å²) in [5.41, 5.74) is -0.282. The van der Waals surface area contributed by atoms with Crippen molar-refractivity contribution in [1.29, 1.82) is 0 Å². The first-order valence-electron chi connectivity index (χ1n) is 5.18. The number of hydrogen-bond donors (Lipinski definition) is 3. The molecule has 0 spiro atoms. The zero-order valence-electron chi connectivity index (χ0n) is 9.04. The average molecular weight is 244 g/mol. The topological polar surface area (TPSA) is 90.9 Å². The van der Waals surface area contributed by atoms with E-state index in [2.05, 4.69) is 0 Å². The van der Waals surface area contributed by atoms with Crippen molar-refractivity contribution >= 4 is 21.9 Å². The zero-order chi connectivity index (χ0) is 12.9. The van der Waals surface area contributed by atoms with E-state index in [0.29, 0.717) is 0 Å². The summed E-state index contributed by atoms with van der Waals surface area (Å²) in [7, 11) is 0. The minimum Gasteiger partial charge on any atom is -0.508 e. The van der Waals surface area contributed by atoms with Crippen LogP contribution < -0.4 is 5.43 Å². The average Bonchev–Trinajstić information content (AvgIpc) is 2.27. The Labute approximate surface area is 100 Å². The molecule has 18 heavy (non-hydrogen) atoms. The Morgan fingerprint density at radius 1 is 0.889 bits per heavy atom. The number of rotatable bonds is 0. The minimum atomic E-state index is -0.540. The molecule has 5 nitrogen and oxygen atoms in total. The van der Waals surface area contributed by atoms with Gasteiger partial charge in [-0.3, -0.25) is 4.79 Å². The van der Waals surface area contributed by atoms with Crippen LogP contribution in [0.1, 0.15) is 0 Å². The van der Waals surface area contributed by atoms with Crippen molar-refractivity contribution in [2.24, 2.45) is 0 Å². The monoisotopic (exact) mass is 244 g/mol. The van der Waals surface area contributed by atoms with Crippen LogP contribution in [0.2, 0.25) is 0 Å². The third kappa shape index (κ3) is 1.31. The molecular formula is C13H8O5. The lowest BCUT2D eigenvalue weighted by Crippen LogP contribution is -2.02. The van der Waals surface area contributed by atoms with Gasteiger partial charge in [0.1, 0.15) is 39.2 Å². The van der Waals surface area contributed by atoms with Gasteiger partial charge in [-0.2, -0.15) is 0 Å². The van der Waals surface area contributed by atoms with Gasteiger partial charge < -0.3 is 19.7 Å². The highest BCUT2D eigenvalue weighted by Gasteiger charge is 2.14. The fourth-order valence-electron chi connectivity index (χ4n) is 1.97. The summed E-state index contributed by atoms with van der Waals surface area (Å²) in [6.07, 6.45) is 0. The van der Waals surface area contributed by atoms with Crippen molar-refractivity contribution in [1.82, 2.24) is 0 Å². The molecule has 90 valence electrons. The van der Waals surface area contributed by atoms with Crippen LogP contribution in [0, 0.1) is 0 Å². The summed E-state index contributed by atoms with van der Waals surface area (Å²) in [4.78, 5) is 12.2. The molecule has 0 saturated heterocycles. The molecule has 0 aliphatic rings. The van der Waals surface area contributed by atoms with Gasteiger partial charge in [0.05, 0.1) is 0 Å². The number of aromatic hydroxyl groups is 3. The summed E-state index contributed by atoms with van der Waals surface area (Å²) in [5.74, 6) is -0.804. The molecule has 2 aromatic carbocycles. The smallest absolute Gasteiger partial charge is 0.208 e. The van der Waals surface area contributed by atoms with Crippen molar-refractivity contribution < 1.29 is 19.7 Å². The second kappa shape index (κ2) is 3.40. The maximum absolute atomic E-state index is 12.2. The second-order valence-electron chi connectivity index (χ2n) is 3.92. The first-order valence-corrected chi connectivity index (χ1v) is 5.18. The molecule has 0 saturated carbocycles. The molecule has 0 aliphatic carbocycles. The fraction of sp³-hybridized carbons (Fsp3) is 0. The molecule has 0 radical (unpaired) electrons. The van der Waals surface area contributed by atoms with Crippen molar-refractivity contribution in [3.05, 3.63) is 40.6 Å². The molecule has 3 aromatic rings. The van der Waals surface area contributed by atoms with E-state index in [1.54, 1.807) is 0 Å². The largest absolute Gasteiger partial charge is 0.508 e. The van der Waals surface area contributed by atoms with Crippen LogP contribution in [0.5, 0.6) is 17.2 Å². The van der Waals surface area contributed by atoms with Crippen molar-refractivity contribution in [2.75, 3.05) is 0 Å². The first kappa shape index (κ1) is 10.5. The van der Waals surface area contributed by atoms with Gasteiger partial charge in [0.25, 0.3) is 0 Å². The SMILES string of the molecule is O=c1c2c(O)cccc2oc2cc(O)cc(O)c12. The minimum absolute atomic E-state index is 0.00555. The Bertz CT molecular complexity index is 832. The lowest BCUT2D eigenvalue weighted by Gasteiger charge is -2.04. The molecule has 3 rings (SSSR count). The Balaban J connectivity index is 2.66. The van der Waals surface area contributed by atoms with Gasteiger partial charge in [-0.15, -0.1) is 0 Å². The van der Waals surface area contributed by atoms with Crippen LogP contribution in [-0.4, -0.2) is 15.3 Å². The third-order valence-corrected chi connectivity index (χ3v) is 2.74. The maximum Gasteiger partial charge on any atom is 0.208 e. The van der Waals surface area contributed by atoms with Gasteiger partial charge in [-0.1, -0.05) is 6.07 Å². The summed E-state index contributed by atoms with van der Waals surface area (Å²) < 4.78 is 5.39. The molecule has 5 heteroatoms. The van der Waals surface area contributed by atoms with Gasteiger partial charge in [-0.05, 0) is 12.1 Å². The number of phenols is 3.